The van der Waals surface area contributed by atoms with Gasteiger partial charge in [-0.05, 0) is 12.9 Å². The van der Waals surface area contributed by atoms with E-state index in [-0.39, 0.29) is 0 Å². The van der Waals surface area contributed by atoms with Gasteiger partial charge in [-0.25, -0.2) is 0 Å². The van der Waals surface area contributed by atoms with E-state index in [1.165, 1.54) is 0 Å². The molecule has 0 aromatic carbocycles. The van der Waals surface area contributed by atoms with Crippen molar-refractivity contribution in [3.05, 3.63) is 0 Å². The van der Waals surface area contributed by atoms with Gasteiger partial charge in [-0.1, -0.05) is 0 Å². The molecule has 0 aliphatic carbocycles. The zero-order valence-electron chi connectivity index (χ0n) is 4.09. The van der Waals surface area contributed by atoms with Gasteiger partial charge >= 0.3 is 0 Å². The van der Waals surface area contributed by atoms with Gasteiger partial charge < -0.3 is 0 Å². The minimum Gasteiger partial charge on any atom is -0.287 e. The standard InChI is InChI=1S/C2H6OS6/c4-1(5,3-9)2(6,7)8/h4-9H. The Labute approximate surface area is 87.4 Å². The summed E-state index contributed by atoms with van der Waals surface area (Å²) in [5.74, 6) is 0. The molecule has 7 heteroatoms. The monoisotopic (exact) mass is 238 g/mol. The lowest BCUT2D eigenvalue weighted by atomic mass is 10.8. The fourth-order valence-corrected chi connectivity index (χ4v) is 0.551. The SMILES string of the molecule is SOC(S)(S)C(S)(S)S. The molecule has 0 fully saturated rings. The van der Waals surface area contributed by atoms with Gasteiger partial charge in [0.05, 0.1) is 0 Å². The van der Waals surface area contributed by atoms with E-state index < -0.39 is 7.68 Å². The maximum Gasteiger partial charge on any atom is 0.200 e. The summed E-state index contributed by atoms with van der Waals surface area (Å²) in [7, 11) is 0. The van der Waals surface area contributed by atoms with Crippen molar-refractivity contribution in [3.63, 3.8) is 0 Å². The first kappa shape index (κ1) is 11.1. The highest BCUT2D eigenvalue weighted by molar-refractivity contribution is 8.20. The summed E-state index contributed by atoms with van der Waals surface area (Å²) in [4.78, 5) is 0. The molecule has 0 aliphatic rings. The lowest BCUT2D eigenvalue weighted by molar-refractivity contribution is 0.331. The predicted molar refractivity (Wildman–Crippen MR) is 60.5 cm³/mol. The summed E-state index contributed by atoms with van der Waals surface area (Å²) in [5.41, 5.74) is 0. The van der Waals surface area contributed by atoms with E-state index in [0.29, 0.717) is 0 Å². The number of thiol groups is 6. The summed E-state index contributed by atoms with van der Waals surface area (Å²) in [6.45, 7) is 0. The molecule has 0 atom stereocenters. The van der Waals surface area contributed by atoms with Crippen molar-refractivity contribution in [1.29, 1.82) is 0 Å². The molecule has 0 heterocycles. The van der Waals surface area contributed by atoms with Crippen LogP contribution >= 0.6 is 76.1 Å². The molecule has 0 saturated carbocycles. The third kappa shape index (κ3) is 3.31. The van der Waals surface area contributed by atoms with Gasteiger partial charge in [-0.3, -0.25) is 4.18 Å². The summed E-state index contributed by atoms with van der Waals surface area (Å²) in [5, 5.41) is 0. The second-order valence-corrected chi connectivity index (χ2v) is 6.20. The molecule has 0 rings (SSSR count). The third-order valence-electron chi connectivity index (χ3n) is 0.564. The molecule has 0 N–H and O–H groups in total. The minimum atomic E-state index is -1.18. The lowest BCUT2D eigenvalue weighted by Gasteiger charge is -2.30. The quantitative estimate of drug-likeness (QED) is 0.244. The van der Waals surface area contributed by atoms with Gasteiger partial charge in [0.15, 0.2) is 0 Å². The van der Waals surface area contributed by atoms with Crippen LogP contribution in [0.3, 0.4) is 0 Å². The molecule has 0 amide bonds. The average Bonchev–Trinajstić information content (AvgIpc) is 1.64. The molecule has 0 radical (unpaired) electrons. The maximum absolute atomic E-state index is 4.50. The van der Waals surface area contributed by atoms with Crippen molar-refractivity contribution in [2.45, 2.75) is 7.68 Å². The second-order valence-electron chi connectivity index (χ2n) is 1.33. The largest absolute Gasteiger partial charge is 0.287 e. The predicted octanol–water partition coefficient (Wildman–Crippen LogP) is 1.80. The highest BCUT2D eigenvalue weighted by Crippen LogP contribution is 2.45. The van der Waals surface area contributed by atoms with E-state index in [2.05, 4.69) is 80.2 Å². The zero-order valence-corrected chi connectivity index (χ0v) is 9.46. The Bertz CT molecular complexity index is 93.7. The van der Waals surface area contributed by atoms with Crippen molar-refractivity contribution >= 4 is 76.1 Å². The van der Waals surface area contributed by atoms with E-state index in [1.54, 1.807) is 0 Å². The van der Waals surface area contributed by atoms with Crippen LogP contribution < -0.4 is 0 Å². The Kier molecular flexibility index (Phi) is 4.47. The highest BCUT2D eigenvalue weighted by Gasteiger charge is 2.39. The first-order chi connectivity index (χ1) is 3.81. The molecular formula is C2H6OS6. The minimum absolute atomic E-state index is 1.04. The Morgan fingerprint density at radius 1 is 0.889 bits per heavy atom. The van der Waals surface area contributed by atoms with Crippen LogP contribution in [0, 0.1) is 0 Å². The van der Waals surface area contributed by atoms with Crippen molar-refractivity contribution in [2.75, 3.05) is 0 Å². The molecule has 9 heavy (non-hydrogen) atoms. The Hall–Kier alpha value is 2.06. The van der Waals surface area contributed by atoms with E-state index in [9.17, 15) is 0 Å². The first-order valence-electron chi connectivity index (χ1n) is 1.75. The van der Waals surface area contributed by atoms with Crippen LogP contribution in [-0.2, 0) is 4.18 Å². The Morgan fingerprint density at radius 3 is 1.22 bits per heavy atom. The number of hydrogen-bond acceptors (Lipinski definition) is 7. The van der Waals surface area contributed by atoms with Crippen molar-refractivity contribution in [1.82, 2.24) is 0 Å². The average molecular weight is 238 g/mol. The van der Waals surface area contributed by atoms with Gasteiger partial charge in [-0.15, -0.1) is 63.1 Å². The number of rotatable bonds is 2. The van der Waals surface area contributed by atoms with Crippen molar-refractivity contribution in [3.8, 4) is 0 Å². The van der Waals surface area contributed by atoms with Crippen LogP contribution in [0.1, 0.15) is 0 Å². The van der Waals surface area contributed by atoms with Crippen LogP contribution in [0.4, 0.5) is 0 Å². The van der Waals surface area contributed by atoms with Crippen LogP contribution in [0.15, 0.2) is 0 Å². The Morgan fingerprint density at radius 2 is 1.22 bits per heavy atom. The molecule has 0 bridgehead atoms. The summed E-state index contributed by atoms with van der Waals surface area (Å²) >= 11 is 23.1. The van der Waals surface area contributed by atoms with E-state index >= 15 is 0 Å². The zero-order chi connectivity index (χ0) is 7.71. The molecule has 0 aromatic heterocycles. The molecule has 1 nitrogen and oxygen atoms in total. The van der Waals surface area contributed by atoms with Crippen molar-refractivity contribution < 1.29 is 4.18 Å². The van der Waals surface area contributed by atoms with E-state index in [1.807, 2.05) is 0 Å². The van der Waals surface area contributed by atoms with Crippen LogP contribution in [0.5, 0.6) is 0 Å². The van der Waals surface area contributed by atoms with Crippen LogP contribution in [0.2, 0.25) is 0 Å². The van der Waals surface area contributed by atoms with Crippen LogP contribution in [-0.4, -0.2) is 7.68 Å². The number of hydrogen-bond donors (Lipinski definition) is 6. The van der Waals surface area contributed by atoms with Gasteiger partial charge in [0, 0.05) is 0 Å². The van der Waals surface area contributed by atoms with Gasteiger partial charge in [0.1, 0.15) is 3.41 Å². The van der Waals surface area contributed by atoms with Crippen LogP contribution in [0.25, 0.3) is 0 Å². The highest BCUT2D eigenvalue weighted by atomic mass is 32.2. The second kappa shape index (κ2) is 3.64. The maximum atomic E-state index is 4.50. The molecular weight excluding hydrogens is 232 g/mol. The molecule has 0 saturated heterocycles. The summed E-state index contributed by atoms with van der Waals surface area (Å²) in [6, 6.07) is 0. The molecule has 56 valence electrons. The fourth-order valence-electron chi connectivity index (χ4n) is 0.0612. The normalized spacial score (nSPS) is 14.0. The molecule has 0 unspecified atom stereocenters. The van der Waals surface area contributed by atoms with Gasteiger partial charge in [0.2, 0.25) is 4.27 Å². The molecule has 0 aromatic rings. The molecule has 0 spiro atoms. The Balaban J connectivity index is 4.14. The lowest BCUT2D eigenvalue weighted by Crippen LogP contribution is -2.31. The topological polar surface area (TPSA) is 9.23 Å². The van der Waals surface area contributed by atoms with Gasteiger partial charge in [-0.2, -0.15) is 0 Å². The third-order valence-corrected chi connectivity index (χ3v) is 3.98. The van der Waals surface area contributed by atoms with E-state index in [4.69, 9.17) is 0 Å². The van der Waals surface area contributed by atoms with Gasteiger partial charge in [0.25, 0.3) is 0 Å². The first-order valence-corrected chi connectivity index (χ1v) is 4.36. The fraction of sp³-hybridized carbons (Fsp3) is 1.00. The smallest absolute Gasteiger partial charge is 0.200 e. The molecule has 0 aliphatic heterocycles. The van der Waals surface area contributed by atoms with E-state index in [0.717, 1.165) is 0 Å². The summed E-state index contributed by atoms with van der Waals surface area (Å²) < 4.78 is 2.28. The van der Waals surface area contributed by atoms with Crippen molar-refractivity contribution in [2.24, 2.45) is 0 Å². The summed E-state index contributed by atoms with van der Waals surface area (Å²) in [6.07, 6.45) is 0.